The van der Waals surface area contributed by atoms with Gasteiger partial charge in [-0.1, -0.05) is 11.6 Å². The molecule has 0 radical (unpaired) electrons. The first-order valence-electron chi connectivity index (χ1n) is 6.00. The molecule has 1 aliphatic rings. The maximum Gasteiger partial charge on any atom is 0.251 e. The van der Waals surface area contributed by atoms with Crippen molar-refractivity contribution in [1.82, 2.24) is 14.9 Å². The molecule has 1 saturated heterocycles. The summed E-state index contributed by atoms with van der Waals surface area (Å²) < 4.78 is 0. The lowest BCUT2D eigenvalue weighted by Gasteiger charge is -2.28. The van der Waals surface area contributed by atoms with Crippen molar-refractivity contribution in [1.29, 1.82) is 0 Å². The van der Waals surface area contributed by atoms with Gasteiger partial charge < -0.3 is 5.32 Å². The molecular formula is C12H13ClN4O3. The van der Waals surface area contributed by atoms with E-state index in [1.807, 2.05) is 0 Å². The van der Waals surface area contributed by atoms with Gasteiger partial charge >= 0.3 is 0 Å². The Labute approximate surface area is 120 Å². The quantitative estimate of drug-likeness (QED) is 0.504. The van der Waals surface area contributed by atoms with Crippen LogP contribution in [0, 0.1) is 6.92 Å². The monoisotopic (exact) mass is 296 g/mol. The number of carbonyl (C=O) groups excluding carboxylic acids is 3. The summed E-state index contributed by atoms with van der Waals surface area (Å²) in [5.74, 6) is 0.0143. The van der Waals surface area contributed by atoms with Crippen molar-refractivity contribution < 1.29 is 14.4 Å². The lowest BCUT2D eigenvalue weighted by molar-refractivity contribution is -0.146. The van der Waals surface area contributed by atoms with E-state index in [9.17, 15) is 14.4 Å². The van der Waals surface area contributed by atoms with Crippen LogP contribution in [0.3, 0.4) is 0 Å². The van der Waals surface area contributed by atoms with Crippen LogP contribution in [0.5, 0.6) is 0 Å². The number of hydrogen-bond acceptors (Lipinski definition) is 6. The fraction of sp³-hybridized carbons (Fsp3) is 0.417. The molecule has 1 N–H and O–H groups in total. The zero-order valence-corrected chi connectivity index (χ0v) is 11.8. The standard InChI is InChI=1S/C12H13ClN4O3/c1-6-14-10(13)7(5-18)11(15-6)16-8-3-4-9(19)17(2)12(8)20/h5,8H,3-4H2,1-2H3,(H,14,15,16). The van der Waals surface area contributed by atoms with Crippen LogP contribution in [-0.2, 0) is 9.59 Å². The number of halogens is 1. The molecule has 0 aromatic carbocycles. The van der Waals surface area contributed by atoms with Crippen molar-refractivity contribution >= 4 is 35.5 Å². The average molecular weight is 297 g/mol. The Kier molecular flexibility index (Phi) is 3.99. The Bertz CT molecular complexity index is 590. The molecule has 0 spiro atoms. The summed E-state index contributed by atoms with van der Waals surface area (Å²) in [6.45, 7) is 1.63. The van der Waals surface area contributed by atoms with Crippen LogP contribution in [0.15, 0.2) is 0 Å². The van der Waals surface area contributed by atoms with Crippen molar-refractivity contribution in [3.8, 4) is 0 Å². The van der Waals surface area contributed by atoms with Gasteiger partial charge in [0.05, 0.1) is 5.56 Å². The van der Waals surface area contributed by atoms with Gasteiger partial charge in [-0.05, 0) is 13.3 Å². The summed E-state index contributed by atoms with van der Waals surface area (Å²) in [5.41, 5.74) is 0.101. The van der Waals surface area contributed by atoms with Crippen LogP contribution in [0.1, 0.15) is 29.0 Å². The number of carbonyl (C=O) groups is 3. The van der Waals surface area contributed by atoms with Crippen molar-refractivity contribution in [3.63, 3.8) is 0 Å². The van der Waals surface area contributed by atoms with Gasteiger partial charge in [0, 0.05) is 13.5 Å². The van der Waals surface area contributed by atoms with Gasteiger partial charge in [-0.25, -0.2) is 9.97 Å². The van der Waals surface area contributed by atoms with Gasteiger partial charge in [-0.2, -0.15) is 0 Å². The van der Waals surface area contributed by atoms with Crippen LogP contribution in [0.4, 0.5) is 5.82 Å². The Hall–Kier alpha value is -2.02. The summed E-state index contributed by atoms with van der Waals surface area (Å²) in [6, 6.07) is -0.609. The third kappa shape index (κ3) is 2.62. The van der Waals surface area contributed by atoms with Crippen molar-refractivity contribution in [2.24, 2.45) is 0 Å². The highest BCUT2D eigenvalue weighted by atomic mass is 35.5. The van der Waals surface area contributed by atoms with E-state index in [-0.39, 0.29) is 34.8 Å². The number of aryl methyl sites for hydroxylation is 1. The van der Waals surface area contributed by atoms with E-state index in [2.05, 4.69) is 15.3 Å². The number of rotatable bonds is 3. The summed E-state index contributed by atoms with van der Waals surface area (Å²) in [5, 5.41) is 2.90. The normalized spacial score (nSPS) is 19.1. The second-order valence-corrected chi connectivity index (χ2v) is 4.83. The molecule has 2 rings (SSSR count). The number of aromatic nitrogens is 2. The van der Waals surface area contributed by atoms with E-state index in [4.69, 9.17) is 11.6 Å². The van der Waals surface area contributed by atoms with Gasteiger partial charge in [-0.15, -0.1) is 0 Å². The lowest BCUT2D eigenvalue weighted by Crippen LogP contribution is -2.48. The van der Waals surface area contributed by atoms with Crippen LogP contribution in [0.25, 0.3) is 0 Å². The number of anilines is 1. The molecule has 1 fully saturated rings. The minimum Gasteiger partial charge on any atom is -0.358 e. The summed E-state index contributed by atoms with van der Waals surface area (Å²) >= 11 is 5.87. The third-order valence-corrected chi connectivity index (χ3v) is 3.38. The first-order valence-corrected chi connectivity index (χ1v) is 6.38. The maximum absolute atomic E-state index is 12.0. The number of amides is 2. The number of imide groups is 1. The number of piperidine rings is 1. The molecule has 7 nitrogen and oxygen atoms in total. The molecule has 1 aromatic rings. The van der Waals surface area contributed by atoms with Gasteiger partial charge in [-0.3, -0.25) is 19.3 Å². The molecule has 106 valence electrons. The Balaban J connectivity index is 2.28. The third-order valence-electron chi connectivity index (χ3n) is 3.09. The van der Waals surface area contributed by atoms with Gasteiger partial charge in [0.1, 0.15) is 22.8 Å². The Morgan fingerprint density at radius 3 is 2.75 bits per heavy atom. The highest BCUT2D eigenvalue weighted by molar-refractivity contribution is 6.32. The highest BCUT2D eigenvalue weighted by Gasteiger charge is 2.32. The van der Waals surface area contributed by atoms with E-state index in [1.54, 1.807) is 6.92 Å². The number of nitrogens with zero attached hydrogens (tertiary/aromatic N) is 3. The van der Waals surface area contributed by atoms with Crippen LogP contribution in [-0.4, -0.2) is 46.1 Å². The zero-order valence-electron chi connectivity index (χ0n) is 11.0. The van der Waals surface area contributed by atoms with Crippen molar-refractivity contribution in [2.45, 2.75) is 25.8 Å². The second-order valence-electron chi connectivity index (χ2n) is 4.47. The first kappa shape index (κ1) is 14.4. The van der Waals surface area contributed by atoms with Crippen LogP contribution >= 0.6 is 11.6 Å². The van der Waals surface area contributed by atoms with E-state index in [0.717, 1.165) is 4.90 Å². The first-order chi connectivity index (χ1) is 9.43. The summed E-state index contributed by atoms with van der Waals surface area (Å²) in [7, 11) is 1.43. The fourth-order valence-electron chi connectivity index (χ4n) is 1.98. The van der Waals surface area contributed by atoms with Crippen molar-refractivity contribution in [2.75, 3.05) is 12.4 Å². The van der Waals surface area contributed by atoms with E-state index in [1.165, 1.54) is 7.05 Å². The highest BCUT2D eigenvalue weighted by Crippen LogP contribution is 2.22. The molecule has 1 aliphatic heterocycles. The van der Waals surface area contributed by atoms with Crippen molar-refractivity contribution in [3.05, 3.63) is 16.5 Å². The summed E-state index contributed by atoms with van der Waals surface area (Å²) in [4.78, 5) is 43.5. The molecule has 8 heteroatoms. The minimum atomic E-state index is -0.609. The Morgan fingerprint density at radius 1 is 1.40 bits per heavy atom. The molecule has 2 amide bonds. The number of nitrogens with one attached hydrogen (secondary N) is 1. The molecule has 1 atom stereocenters. The van der Waals surface area contributed by atoms with Crippen LogP contribution < -0.4 is 5.32 Å². The number of likely N-dealkylation sites (tertiary alicyclic amines) is 1. The second kappa shape index (κ2) is 5.54. The smallest absolute Gasteiger partial charge is 0.251 e. The molecule has 0 bridgehead atoms. The topological polar surface area (TPSA) is 92.3 Å². The minimum absolute atomic E-state index is 0.0303. The number of aldehydes is 1. The maximum atomic E-state index is 12.0. The molecule has 20 heavy (non-hydrogen) atoms. The molecule has 0 saturated carbocycles. The largest absolute Gasteiger partial charge is 0.358 e. The number of likely N-dealkylation sites (N-methyl/N-ethyl adjacent to an activating group) is 1. The van der Waals surface area contributed by atoms with Crippen LogP contribution in [0.2, 0.25) is 5.15 Å². The summed E-state index contributed by atoms with van der Waals surface area (Å²) in [6.07, 6.45) is 1.14. The van der Waals surface area contributed by atoms with E-state index >= 15 is 0 Å². The van der Waals surface area contributed by atoms with Gasteiger partial charge in [0.25, 0.3) is 5.91 Å². The predicted molar refractivity (Wildman–Crippen MR) is 71.6 cm³/mol. The lowest BCUT2D eigenvalue weighted by atomic mass is 10.0. The van der Waals surface area contributed by atoms with E-state index in [0.29, 0.717) is 18.5 Å². The Morgan fingerprint density at radius 2 is 2.10 bits per heavy atom. The van der Waals surface area contributed by atoms with Gasteiger partial charge in [0.15, 0.2) is 6.29 Å². The molecule has 1 aromatic heterocycles. The zero-order chi connectivity index (χ0) is 14.9. The van der Waals surface area contributed by atoms with Gasteiger partial charge in [0.2, 0.25) is 5.91 Å². The predicted octanol–water partition coefficient (Wildman–Crippen LogP) is 0.810. The number of hydrogen-bond donors (Lipinski definition) is 1. The molecule has 2 heterocycles. The van der Waals surface area contributed by atoms with E-state index < -0.39 is 6.04 Å². The molecular weight excluding hydrogens is 284 g/mol. The molecule has 1 unspecified atom stereocenters. The molecule has 0 aliphatic carbocycles. The SMILES string of the molecule is Cc1nc(Cl)c(C=O)c(NC2CCC(=O)N(C)C2=O)n1. The fourth-order valence-corrected chi connectivity index (χ4v) is 2.23. The average Bonchev–Trinajstić information content (AvgIpc) is 2.39.